The zero-order chi connectivity index (χ0) is 14.9. The lowest BCUT2D eigenvalue weighted by molar-refractivity contribution is 0.294. The van der Waals surface area contributed by atoms with Gasteiger partial charge in [0.25, 0.3) is 0 Å². The summed E-state index contributed by atoms with van der Waals surface area (Å²) in [5.74, 6) is 0. The van der Waals surface area contributed by atoms with Gasteiger partial charge in [-0.3, -0.25) is 5.21 Å². The van der Waals surface area contributed by atoms with Crippen molar-refractivity contribution in [2.24, 2.45) is 0 Å². The maximum Gasteiger partial charge on any atom is 0.208 e. The normalized spacial score (nSPS) is 11.4. The van der Waals surface area contributed by atoms with Crippen molar-refractivity contribution in [2.75, 3.05) is 5.23 Å². The molecular formula is C14H14NO4S-. The van der Waals surface area contributed by atoms with Crippen LogP contribution in [-0.4, -0.2) is 13.6 Å². The van der Waals surface area contributed by atoms with E-state index in [2.05, 4.69) is 0 Å². The Balaban J connectivity index is 2.63. The zero-order valence-electron chi connectivity index (χ0n) is 11.1. The fraction of sp³-hybridized carbons (Fsp3) is 0.143. The van der Waals surface area contributed by atoms with Gasteiger partial charge in [-0.1, -0.05) is 23.8 Å². The van der Waals surface area contributed by atoms with Gasteiger partial charge in [-0.2, -0.15) is 0 Å². The number of benzene rings is 2. The Morgan fingerprint density at radius 1 is 1.00 bits per heavy atom. The van der Waals surface area contributed by atoms with Gasteiger partial charge in [0.15, 0.2) is 0 Å². The zero-order valence-corrected chi connectivity index (χ0v) is 11.9. The van der Waals surface area contributed by atoms with Crippen molar-refractivity contribution in [1.82, 2.24) is 0 Å². The predicted octanol–water partition coefficient (Wildman–Crippen LogP) is 2.83. The fourth-order valence-electron chi connectivity index (χ4n) is 1.85. The van der Waals surface area contributed by atoms with E-state index in [4.69, 9.17) is 5.21 Å². The number of anilines is 1. The van der Waals surface area contributed by atoms with Crippen LogP contribution >= 0.6 is 0 Å². The highest BCUT2D eigenvalue weighted by atomic mass is 32.2. The first kappa shape index (κ1) is 14.5. The summed E-state index contributed by atoms with van der Waals surface area (Å²) in [7, 11) is -3.85. The third kappa shape index (κ3) is 2.67. The van der Waals surface area contributed by atoms with Crippen LogP contribution in [0.2, 0.25) is 0 Å². The van der Waals surface area contributed by atoms with Crippen molar-refractivity contribution in [3.8, 4) is 0 Å². The molecule has 0 heterocycles. The molecule has 0 aliphatic carbocycles. The minimum Gasteiger partial charge on any atom is -0.733 e. The van der Waals surface area contributed by atoms with Crippen molar-refractivity contribution < 1.29 is 13.6 Å². The molecule has 0 atom stereocenters. The van der Waals surface area contributed by atoms with E-state index in [0.29, 0.717) is 5.56 Å². The molecule has 0 saturated carbocycles. The minimum atomic E-state index is -3.85. The molecule has 2 aromatic carbocycles. The van der Waals surface area contributed by atoms with Crippen LogP contribution in [0.15, 0.2) is 52.3 Å². The molecular weight excluding hydrogens is 278 g/mol. The molecule has 1 N–H and O–H groups in total. The summed E-state index contributed by atoms with van der Waals surface area (Å²) in [4.78, 5) is -0.139. The molecule has 20 heavy (non-hydrogen) atoms. The van der Waals surface area contributed by atoms with Crippen LogP contribution in [0.3, 0.4) is 0 Å². The Labute approximate surface area is 117 Å². The summed E-state index contributed by atoms with van der Waals surface area (Å²) in [6.45, 7) is 3.55. The van der Waals surface area contributed by atoms with Gasteiger partial charge in [0.2, 0.25) is 9.84 Å². The van der Waals surface area contributed by atoms with Crippen LogP contribution in [-0.2, 0) is 9.84 Å². The van der Waals surface area contributed by atoms with Gasteiger partial charge in [0.05, 0.1) is 15.5 Å². The molecule has 0 aromatic heterocycles. The second-order valence-electron chi connectivity index (χ2n) is 4.56. The molecule has 0 saturated heterocycles. The maximum absolute atomic E-state index is 12.5. The molecule has 0 aliphatic rings. The molecule has 0 amide bonds. The van der Waals surface area contributed by atoms with Crippen LogP contribution in [0, 0.1) is 19.1 Å². The molecule has 2 aromatic rings. The molecule has 0 bridgehead atoms. The monoisotopic (exact) mass is 292 g/mol. The molecule has 0 unspecified atom stereocenters. The lowest BCUT2D eigenvalue weighted by atomic mass is 10.2. The first-order valence-corrected chi connectivity index (χ1v) is 7.39. The topological polar surface area (TPSA) is 80.7 Å². The highest BCUT2D eigenvalue weighted by Gasteiger charge is 2.21. The summed E-state index contributed by atoms with van der Waals surface area (Å²) >= 11 is 0. The van der Waals surface area contributed by atoms with Gasteiger partial charge in [-0.05, 0) is 43.7 Å². The Morgan fingerprint density at radius 3 is 2.10 bits per heavy atom. The molecule has 6 heteroatoms. The van der Waals surface area contributed by atoms with E-state index in [1.54, 1.807) is 25.1 Å². The molecule has 2 rings (SSSR count). The number of hydrogen-bond donors (Lipinski definition) is 1. The quantitative estimate of drug-likeness (QED) is 0.880. The smallest absolute Gasteiger partial charge is 0.208 e. The average molecular weight is 292 g/mol. The Hall–Kier alpha value is -1.89. The molecule has 5 nitrogen and oxygen atoms in total. The van der Waals surface area contributed by atoms with Gasteiger partial charge in [0, 0.05) is 0 Å². The molecule has 0 spiro atoms. The van der Waals surface area contributed by atoms with E-state index in [0.717, 1.165) is 5.56 Å². The van der Waals surface area contributed by atoms with Crippen LogP contribution < -0.4 is 5.23 Å². The summed E-state index contributed by atoms with van der Waals surface area (Å²) in [6.07, 6.45) is 0. The maximum atomic E-state index is 12.5. The lowest BCUT2D eigenvalue weighted by Gasteiger charge is -2.24. The predicted molar refractivity (Wildman–Crippen MR) is 75.4 cm³/mol. The summed E-state index contributed by atoms with van der Waals surface area (Å²) in [6, 6.07) is 10.5. The molecule has 0 aliphatic heterocycles. The lowest BCUT2D eigenvalue weighted by Crippen LogP contribution is -2.13. The highest BCUT2D eigenvalue weighted by molar-refractivity contribution is 7.91. The SMILES string of the molecule is Cc1ccc(S(=O)(=O)c2ccc(C)cc2N([O-])O)cc1. The van der Waals surface area contributed by atoms with Crippen molar-refractivity contribution in [3.63, 3.8) is 0 Å². The van der Waals surface area contributed by atoms with Crippen molar-refractivity contribution in [1.29, 1.82) is 0 Å². The third-order valence-corrected chi connectivity index (χ3v) is 4.76. The van der Waals surface area contributed by atoms with Gasteiger partial charge in [0.1, 0.15) is 0 Å². The number of sulfone groups is 1. The molecule has 106 valence electrons. The second-order valence-corrected chi connectivity index (χ2v) is 6.48. The minimum absolute atomic E-state index is 0.0788. The standard InChI is InChI=1S/C14H14NO4S/c1-10-3-6-12(7-4-10)20(18,19)14-8-5-11(2)9-13(14)15(16)17/h3-9,16H,1-2H3/q-1. The Morgan fingerprint density at radius 2 is 1.55 bits per heavy atom. The number of rotatable bonds is 3. The van der Waals surface area contributed by atoms with E-state index in [9.17, 15) is 13.6 Å². The van der Waals surface area contributed by atoms with E-state index in [-0.39, 0.29) is 15.5 Å². The van der Waals surface area contributed by atoms with E-state index in [1.165, 1.54) is 24.3 Å². The fourth-order valence-corrected chi connectivity index (χ4v) is 3.26. The van der Waals surface area contributed by atoms with Gasteiger partial charge < -0.3 is 10.4 Å². The Kier molecular flexibility index (Phi) is 3.80. The first-order chi connectivity index (χ1) is 9.32. The van der Waals surface area contributed by atoms with Gasteiger partial charge in [-0.15, -0.1) is 0 Å². The largest absolute Gasteiger partial charge is 0.733 e. The summed E-state index contributed by atoms with van der Waals surface area (Å²) in [5, 5.41) is 19.8. The van der Waals surface area contributed by atoms with Gasteiger partial charge in [-0.25, -0.2) is 8.42 Å². The number of nitrogens with zero attached hydrogens (tertiary/aromatic N) is 1. The molecule has 0 radical (unpaired) electrons. The van der Waals surface area contributed by atoms with Crippen molar-refractivity contribution >= 4 is 15.5 Å². The van der Waals surface area contributed by atoms with E-state index in [1.807, 2.05) is 6.92 Å². The number of aryl methyl sites for hydroxylation is 2. The average Bonchev–Trinajstić information content (AvgIpc) is 2.38. The summed E-state index contributed by atoms with van der Waals surface area (Å²) < 4.78 is 25.0. The van der Waals surface area contributed by atoms with Crippen LogP contribution in [0.4, 0.5) is 5.69 Å². The van der Waals surface area contributed by atoms with Crippen LogP contribution in [0.1, 0.15) is 11.1 Å². The highest BCUT2D eigenvalue weighted by Crippen LogP contribution is 2.30. The van der Waals surface area contributed by atoms with Crippen LogP contribution in [0.5, 0.6) is 0 Å². The third-order valence-electron chi connectivity index (χ3n) is 2.94. The van der Waals surface area contributed by atoms with E-state index >= 15 is 0 Å². The van der Waals surface area contributed by atoms with Crippen molar-refractivity contribution in [3.05, 3.63) is 58.8 Å². The van der Waals surface area contributed by atoms with E-state index < -0.39 is 15.1 Å². The van der Waals surface area contributed by atoms with Gasteiger partial charge >= 0.3 is 0 Å². The van der Waals surface area contributed by atoms with Crippen molar-refractivity contribution in [2.45, 2.75) is 23.6 Å². The van der Waals surface area contributed by atoms with Crippen LogP contribution in [0.25, 0.3) is 0 Å². The molecule has 0 fully saturated rings. The number of hydrogen-bond acceptors (Lipinski definition) is 5. The second kappa shape index (κ2) is 5.24. The summed E-state index contributed by atoms with van der Waals surface area (Å²) in [5.41, 5.74) is 1.32. The first-order valence-electron chi connectivity index (χ1n) is 5.91. The Bertz CT molecular complexity index is 721.